The maximum absolute atomic E-state index is 11.7. The first kappa shape index (κ1) is 10.6. The topological polar surface area (TPSA) is 48.8 Å². The molecule has 0 spiro atoms. The van der Waals surface area contributed by atoms with Gasteiger partial charge in [0.1, 0.15) is 0 Å². The van der Waals surface area contributed by atoms with Crippen molar-refractivity contribution < 1.29 is 4.79 Å². The van der Waals surface area contributed by atoms with E-state index in [0.717, 1.165) is 5.56 Å². The Morgan fingerprint density at radius 3 is 3.00 bits per heavy atom. The Balaban J connectivity index is 2.06. The first-order valence-electron chi connectivity index (χ1n) is 5.17. The lowest BCUT2D eigenvalue weighted by Crippen LogP contribution is -2.28. The molecule has 0 bridgehead atoms. The normalized spacial score (nSPS) is 21.1. The fourth-order valence-electron chi connectivity index (χ4n) is 1.51. The van der Waals surface area contributed by atoms with Gasteiger partial charge < -0.3 is 4.90 Å². The molecule has 1 aromatic heterocycles. The number of hydrogen-bond donors (Lipinski definition) is 0. The Morgan fingerprint density at radius 1 is 1.62 bits per heavy atom. The number of amides is 2. The summed E-state index contributed by atoms with van der Waals surface area (Å²) in [6.45, 7) is 2.63. The van der Waals surface area contributed by atoms with Crippen LogP contribution in [0.3, 0.4) is 0 Å². The van der Waals surface area contributed by atoms with Gasteiger partial charge in [0.25, 0.3) is 0 Å². The van der Waals surface area contributed by atoms with E-state index in [4.69, 9.17) is 0 Å². The quantitative estimate of drug-likeness (QED) is 0.700. The molecule has 1 atom stereocenters. The van der Waals surface area contributed by atoms with Crippen molar-refractivity contribution in [2.45, 2.75) is 13.0 Å². The number of rotatable bonds is 2. The molecule has 5 nitrogen and oxygen atoms in total. The maximum Gasteiger partial charge on any atom is 0.340 e. The SMILES string of the molecule is CC1CN(N=Cc2cccnc2)C(=O)N1C. The van der Waals surface area contributed by atoms with Gasteiger partial charge in [-0.2, -0.15) is 5.10 Å². The van der Waals surface area contributed by atoms with Crippen molar-refractivity contribution in [3.8, 4) is 0 Å². The number of carbonyl (C=O) groups excluding carboxylic acids is 1. The molecule has 1 aliphatic rings. The van der Waals surface area contributed by atoms with Gasteiger partial charge in [0.2, 0.25) is 0 Å². The van der Waals surface area contributed by atoms with E-state index < -0.39 is 0 Å². The molecule has 2 rings (SSSR count). The predicted octanol–water partition coefficient (Wildman–Crippen LogP) is 1.17. The van der Waals surface area contributed by atoms with Crippen LogP contribution in [0.1, 0.15) is 12.5 Å². The second-order valence-corrected chi connectivity index (χ2v) is 3.86. The fourth-order valence-corrected chi connectivity index (χ4v) is 1.51. The van der Waals surface area contributed by atoms with Gasteiger partial charge in [-0.3, -0.25) is 4.98 Å². The zero-order valence-corrected chi connectivity index (χ0v) is 9.37. The molecule has 0 aromatic carbocycles. The highest BCUT2D eigenvalue weighted by Gasteiger charge is 2.31. The van der Waals surface area contributed by atoms with Crippen LogP contribution in [0.2, 0.25) is 0 Å². The van der Waals surface area contributed by atoms with Gasteiger partial charge in [-0.25, -0.2) is 9.80 Å². The second kappa shape index (κ2) is 4.30. The van der Waals surface area contributed by atoms with Crippen molar-refractivity contribution in [2.24, 2.45) is 5.10 Å². The summed E-state index contributed by atoms with van der Waals surface area (Å²) >= 11 is 0. The Bertz CT molecular complexity index is 404. The van der Waals surface area contributed by atoms with Crippen LogP contribution in [-0.2, 0) is 0 Å². The van der Waals surface area contributed by atoms with Gasteiger partial charge in [0, 0.05) is 25.0 Å². The lowest BCUT2D eigenvalue weighted by Gasteiger charge is -2.11. The molecule has 5 heteroatoms. The van der Waals surface area contributed by atoms with E-state index in [2.05, 4.69) is 10.1 Å². The van der Waals surface area contributed by atoms with Gasteiger partial charge in [-0.15, -0.1) is 0 Å². The minimum absolute atomic E-state index is 0.0624. The molecule has 1 fully saturated rings. The van der Waals surface area contributed by atoms with Gasteiger partial charge in [0.05, 0.1) is 18.8 Å². The minimum Gasteiger partial charge on any atom is -0.322 e. The number of hydrogen-bond acceptors (Lipinski definition) is 3. The number of nitrogens with zero attached hydrogens (tertiary/aromatic N) is 4. The Hall–Kier alpha value is -1.91. The van der Waals surface area contributed by atoms with Crippen molar-refractivity contribution in [3.63, 3.8) is 0 Å². The van der Waals surface area contributed by atoms with E-state index in [1.54, 1.807) is 30.6 Å². The Labute approximate surface area is 94.4 Å². The average Bonchev–Trinajstić information content (AvgIpc) is 2.56. The zero-order valence-electron chi connectivity index (χ0n) is 9.37. The molecule has 84 valence electrons. The molecule has 1 unspecified atom stereocenters. The van der Waals surface area contributed by atoms with Crippen molar-refractivity contribution in [1.29, 1.82) is 0 Å². The zero-order chi connectivity index (χ0) is 11.5. The summed E-state index contributed by atoms with van der Waals surface area (Å²) in [5, 5.41) is 5.62. The van der Waals surface area contributed by atoms with Crippen LogP contribution >= 0.6 is 0 Å². The van der Waals surface area contributed by atoms with Crippen LogP contribution in [-0.4, -0.2) is 46.8 Å². The summed E-state index contributed by atoms with van der Waals surface area (Å²) in [4.78, 5) is 17.3. The first-order valence-corrected chi connectivity index (χ1v) is 5.17. The number of hydrazone groups is 1. The highest BCUT2D eigenvalue weighted by Crippen LogP contribution is 2.13. The van der Waals surface area contributed by atoms with Crippen LogP contribution in [0, 0.1) is 0 Å². The van der Waals surface area contributed by atoms with Crippen molar-refractivity contribution in [3.05, 3.63) is 30.1 Å². The van der Waals surface area contributed by atoms with E-state index in [9.17, 15) is 4.79 Å². The summed E-state index contributed by atoms with van der Waals surface area (Å²) in [7, 11) is 1.78. The van der Waals surface area contributed by atoms with Crippen molar-refractivity contribution in [2.75, 3.05) is 13.6 Å². The smallest absolute Gasteiger partial charge is 0.322 e. The highest BCUT2D eigenvalue weighted by atomic mass is 16.2. The molecule has 0 N–H and O–H groups in total. The van der Waals surface area contributed by atoms with Crippen LogP contribution in [0.4, 0.5) is 4.79 Å². The van der Waals surface area contributed by atoms with Gasteiger partial charge in [-0.1, -0.05) is 6.07 Å². The lowest BCUT2D eigenvalue weighted by molar-refractivity contribution is 0.197. The number of carbonyl (C=O) groups is 1. The molecule has 2 heterocycles. The molecule has 1 aliphatic heterocycles. The molecular weight excluding hydrogens is 204 g/mol. The maximum atomic E-state index is 11.7. The molecule has 1 aromatic rings. The predicted molar refractivity (Wildman–Crippen MR) is 61.2 cm³/mol. The molecular formula is C11H14N4O. The van der Waals surface area contributed by atoms with Crippen molar-refractivity contribution in [1.82, 2.24) is 14.9 Å². The van der Waals surface area contributed by atoms with E-state index in [0.29, 0.717) is 6.54 Å². The third-order valence-corrected chi connectivity index (χ3v) is 2.65. The fraction of sp³-hybridized carbons (Fsp3) is 0.364. The summed E-state index contributed by atoms with van der Waals surface area (Å²) < 4.78 is 0. The number of pyridine rings is 1. The van der Waals surface area contributed by atoms with Gasteiger partial charge in [0.15, 0.2) is 0 Å². The van der Waals surface area contributed by atoms with E-state index >= 15 is 0 Å². The Morgan fingerprint density at radius 2 is 2.44 bits per heavy atom. The Kier molecular flexibility index (Phi) is 2.85. The second-order valence-electron chi connectivity index (χ2n) is 3.86. The summed E-state index contributed by atoms with van der Waals surface area (Å²) in [5.41, 5.74) is 0.887. The van der Waals surface area contributed by atoms with Crippen LogP contribution in [0.15, 0.2) is 29.6 Å². The van der Waals surface area contributed by atoms with Gasteiger partial charge in [-0.05, 0) is 13.0 Å². The van der Waals surface area contributed by atoms with Crippen LogP contribution in [0.25, 0.3) is 0 Å². The molecule has 0 saturated carbocycles. The average molecular weight is 218 g/mol. The molecule has 16 heavy (non-hydrogen) atoms. The standard InChI is InChI=1S/C11H14N4O/c1-9-8-15(11(16)14(9)2)13-7-10-4-3-5-12-6-10/h3-7,9H,8H2,1-2H3. The van der Waals surface area contributed by atoms with E-state index in [1.807, 2.05) is 19.1 Å². The summed E-state index contributed by atoms with van der Waals surface area (Å²) in [6, 6.07) is 3.87. The number of aromatic nitrogens is 1. The van der Waals surface area contributed by atoms with E-state index in [1.165, 1.54) is 5.01 Å². The lowest BCUT2D eigenvalue weighted by atomic mass is 10.3. The number of likely N-dealkylation sites (N-methyl/N-ethyl adjacent to an activating group) is 1. The third kappa shape index (κ3) is 2.03. The first-order chi connectivity index (χ1) is 7.68. The molecule has 2 amide bonds. The van der Waals surface area contributed by atoms with Crippen LogP contribution in [0.5, 0.6) is 0 Å². The summed E-state index contributed by atoms with van der Waals surface area (Å²) in [6.07, 6.45) is 5.06. The van der Waals surface area contributed by atoms with Gasteiger partial charge >= 0.3 is 6.03 Å². The third-order valence-electron chi connectivity index (χ3n) is 2.65. The molecule has 0 aliphatic carbocycles. The highest BCUT2D eigenvalue weighted by molar-refractivity contribution is 5.82. The monoisotopic (exact) mass is 218 g/mol. The largest absolute Gasteiger partial charge is 0.340 e. The van der Waals surface area contributed by atoms with E-state index in [-0.39, 0.29) is 12.1 Å². The summed E-state index contributed by atoms with van der Waals surface area (Å²) in [5.74, 6) is 0. The van der Waals surface area contributed by atoms with Crippen molar-refractivity contribution >= 4 is 12.2 Å². The molecule has 0 radical (unpaired) electrons. The number of urea groups is 1. The minimum atomic E-state index is -0.0624. The van der Waals surface area contributed by atoms with Crippen LogP contribution < -0.4 is 0 Å². The molecule has 1 saturated heterocycles.